The van der Waals surface area contributed by atoms with Crippen LogP contribution in [0.15, 0.2) is 24.3 Å². The molecule has 5 heteroatoms. The van der Waals surface area contributed by atoms with Gasteiger partial charge < -0.3 is 20.4 Å². The van der Waals surface area contributed by atoms with Gasteiger partial charge in [0.1, 0.15) is 11.5 Å². The van der Waals surface area contributed by atoms with Gasteiger partial charge in [0, 0.05) is 22.8 Å². The molecule has 0 radical (unpaired) electrons. The van der Waals surface area contributed by atoms with Crippen LogP contribution in [0.4, 0.5) is 0 Å². The van der Waals surface area contributed by atoms with Crippen LogP contribution in [0.25, 0.3) is 11.1 Å². The van der Waals surface area contributed by atoms with Crippen LogP contribution in [0.1, 0.15) is 15.9 Å². The van der Waals surface area contributed by atoms with Gasteiger partial charge in [-0.25, -0.2) is 0 Å². The van der Waals surface area contributed by atoms with Crippen molar-refractivity contribution in [2.45, 2.75) is 0 Å². The highest BCUT2D eigenvalue weighted by Gasteiger charge is 2.33. The molecule has 0 saturated heterocycles. The average Bonchev–Trinajstić information content (AvgIpc) is 2.58. The van der Waals surface area contributed by atoms with Gasteiger partial charge in [0.25, 0.3) is 0 Å². The van der Waals surface area contributed by atoms with Gasteiger partial charge in [-0.15, -0.1) is 0 Å². The van der Waals surface area contributed by atoms with Gasteiger partial charge in [0.2, 0.25) is 0 Å². The van der Waals surface area contributed by atoms with E-state index < -0.39 is 17.3 Å². The zero-order chi connectivity index (χ0) is 13.0. The molecule has 0 amide bonds. The third-order valence-corrected chi connectivity index (χ3v) is 3.00. The number of hydrogen-bond donors (Lipinski definition) is 4. The number of benzene rings is 2. The van der Waals surface area contributed by atoms with Crippen molar-refractivity contribution in [3.05, 3.63) is 35.4 Å². The summed E-state index contributed by atoms with van der Waals surface area (Å²) >= 11 is 0. The van der Waals surface area contributed by atoms with Crippen LogP contribution in [-0.4, -0.2) is 26.2 Å². The zero-order valence-corrected chi connectivity index (χ0v) is 9.01. The minimum Gasteiger partial charge on any atom is -0.508 e. The Morgan fingerprint density at radius 2 is 1.50 bits per heavy atom. The van der Waals surface area contributed by atoms with E-state index in [0.29, 0.717) is 5.56 Å². The smallest absolute Gasteiger partial charge is 0.198 e. The SMILES string of the molecule is O=C1c2cc(O)cc(O)c2-c2ccc(O)c(O)c21. The van der Waals surface area contributed by atoms with Crippen molar-refractivity contribution < 1.29 is 25.2 Å². The van der Waals surface area contributed by atoms with Gasteiger partial charge in [-0.3, -0.25) is 4.79 Å². The second-order valence-electron chi connectivity index (χ2n) is 4.07. The summed E-state index contributed by atoms with van der Waals surface area (Å²) in [6.45, 7) is 0. The number of carbonyl (C=O) groups excluding carboxylic acids is 1. The lowest BCUT2D eigenvalue weighted by molar-refractivity contribution is 0.104. The van der Waals surface area contributed by atoms with E-state index in [0.717, 1.165) is 6.07 Å². The predicted molar refractivity (Wildman–Crippen MR) is 62.0 cm³/mol. The van der Waals surface area contributed by atoms with Gasteiger partial charge in [0.15, 0.2) is 17.3 Å². The molecule has 90 valence electrons. The maximum atomic E-state index is 12.1. The molecular formula is C13H8O5. The number of phenols is 4. The van der Waals surface area contributed by atoms with Crippen molar-refractivity contribution in [1.29, 1.82) is 0 Å². The minimum atomic E-state index is -0.542. The van der Waals surface area contributed by atoms with E-state index in [1.54, 1.807) is 0 Å². The van der Waals surface area contributed by atoms with Gasteiger partial charge in [0.05, 0.1) is 5.56 Å². The van der Waals surface area contributed by atoms with Gasteiger partial charge >= 0.3 is 0 Å². The molecule has 0 aromatic heterocycles. The molecule has 0 bridgehead atoms. The first kappa shape index (κ1) is 10.5. The Bertz CT molecular complexity index is 703. The Balaban J connectivity index is 2.43. The van der Waals surface area contributed by atoms with Crippen LogP contribution in [0, 0.1) is 0 Å². The third-order valence-electron chi connectivity index (χ3n) is 3.00. The number of rotatable bonds is 0. The fraction of sp³-hybridized carbons (Fsp3) is 0. The summed E-state index contributed by atoms with van der Waals surface area (Å²) in [5, 5.41) is 38.3. The lowest BCUT2D eigenvalue weighted by Crippen LogP contribution is -1.95. The summed E-state index contributed by atoms with van der Waals surface area (Å²) in [7, 11) is 0. The Morgan fingerprint density at radius 1 is 0.778 bits per heavy atom. The molecule has 0 spiro atoms. The second-order valence-corrected chi connectivity index (χ2v) is 4.07. The second kappa shape index (κ2) is 3.16. The van der Waals surface area contributed by atoms with E-state index in [4.69, 9.17) is 0 Å². The Hall–Kier alpha value is -2.69. The molecule has 18 heavy (non-hydrogen) atoms. The lowest BCUT2D eigenvalue weighted by Gasteiger charge is -2.05. The number of aromatic hydroxyl groups is 4. The number of hydrogen-bond acceptors (Lipinski definition) is 5. The number of phenolic OH excluding ortho intramolecular Hbond substituents is 4. The van der Waals surface area contributed by atoms with Gasteiger partial charge in [-0.05, 0) is 18.2 Å². The Morgan fingerprint density at radius 3 is 2.22 bits per heavy atom. The highest BCUT2D eigenvalue weighted by atomic mass is 16.3. The molecule has 0 atom stereocenters. The van der Waals surface area contributed by atoms with Crippen LogP contribution < -0.4 is 0 Å². The highest BCUT2D eigenvalue weighted by Crippen LogP contribution is 2.48. The van der Waals surface area contributed by atoms with Gasteiger partial charge in [-0.2, -0.15) is 0 Å². The first-order valence-corrected chi connectivity index (χ1v) is 5.16. The van der Waals surface area contributed by atoms with Crippen LogP contribution in [0.2, 0.25) is 0 Å². The summed E-state index contributed by atoms with van der Waals surface area (Å²) < 4.78 is 0. The summed E-state index contributed by atoms with van der Waals surface area (Å²) in [6, 6.07) is 5.01. The van der Waals surface area contributed by atoms with Gasteiger partial charge in [-0.1, -0.05) is 0 Å². The molecule has 2 aromatic carbocycles. The van der Waals surface area contributed by atoms with E-state index in [9.17, 15) is 25.2 Å². The van der Waals surface area contributed by atoms with E-state index in [1.165, 1.54) is 18.2 Å². The van der Waals surface area contributed by atoms with Crippen molar-refractivity contribution in [2.75, 3.05) is 0 Å². The van der Waals surface area contributed by atoms with E-state index in [-0.39, 0.29) is 28.2 Å². The normalized spacial score (nSPS) is 12.3. The van der Waals surface area contributed by atoms with E-state index >= 15 is 0 Å². The number of fused-ring (bicyclic) bond motifs is 3. The zero-order valence-electron chi connectivity index (χ0n) is 9.01. The summed E-state index contributed by atoms with van der Waals surface area (Å²) in [6.07, 6.45) is 0. The first-order chi connectivity index (χ1) is 8.50. The van der Waals surface area contributed by atoms with Crippen LogP contribution >= 0.6 is 0 Å². The maximum Gasteiger partial charge on any atom is 0.198 e. The monoisotopic (exact) mass is 244 g/mol. The van der Waals surface area contributed by atoms with Crippen LogP contribution in [0.5, 0.6) is 23.0 Å². The Labute approximate surface area is 101 Å². The number of ketones is 1. The molecule has 5 nitrogen and oxygen atoms in total. The first-order valence-electron chi connectivity index (χ1n) is 5.16. The summed E-state index contributed by atoms with van der Waals surface area (Å²) in [5.41, 5.74) is 0.625. The fourth-order valence-corrected chi connectivity index (χ4v) is 2.23. The van der Waals surface area contributed by atoms with Crippen molar-refractivity contribution in [3.8, 4) is 34.1 Å². The Kier molecular flexibility index (Phi) is 1.84. The highest BCUT2D eigenvalue weighted by molar-refractivity contribution is 6.24. The molecule has 0 aliphatic heterocycles. The predicted octanol–water partition coefficient (Wildman–Crippen LogP) is 1.72. The topological polar surface area (TPSA) is 98.0 Å². The molecule has 2 aromatic rings. The largest absolute Gasteiger partial charge is 0.508 e. The lowest BCUT2D eigenvalue weighted by atomic mass is 10.0. The maximum absolute atomic E-state index is 12.1. The fourth-order valence-electron chi connectivity index (χ4n) is 2.23. The number of carbonyl (C=O) groups is 1. The molecule has 0 heterocycles. The molecule has 0 unspecified atom stereocenters. The van der Waals surface area contributed by atoms with Crippen LogP contribution in [0.3, 0.4) is 0 Å². The summed E-state index contributed by atoms with van der Waals surface area (Å²) in [4.78, 5) is 12.1. The van der Waals surface area contributed by atoms with Crippen molar-refractivity contribution >= 4 is 5.78 Å². The van der Waals surface area contributed by atoms with Crippen molar-refractivity contribution in [3.63, 3.8) is 0 Å². The third kappa shape index (κ3) is 1.13. The molecule has 3 rings (SSSR count). The summed E-state index contributed by atoms with van der Waals surface area (Å²) in [5.74, 6) is -1.95. The average molecular weight is 244 g/mol. The molecule has 0 fully saturated rings. The van der Waals surface area contributed by atoms with Crippen molar-refractivity contribution in [1.82, 2.24) is 0 Å². The molecule has 4 N–H and O–H groups in total. The molecule has 0 saturated carbocycles. The quantitative estimate of drug-likeness (QED) is 0.451. The molecule has 1 aliphatic carbocycles. The molecular weight excluding hydrogens is 236 g/mol. The van der Waals surface area contributed by atoms with E-state index in [2.05, 4.69) is 0 Å². The molecule has 1 aliphatic rings. The van der Waals surface area contributed by atoms with Crippen LogP contribution in [-0.2, 0) is 0 Å². The van der Waals surface area contributed by atoms with E-state index in [1.807, 2.05) is 0 Å². The standard InChI is InChI=1S/C13H8O5/c14-5-3-7-10(9(16)4-5)6-1-2-8(15)13(18)11(6)12(7)17/h1-4,14-16,18H. The minimum absolute atomic E-state index is 0.0640. The van der Waals surface area contributed by atoms with Crippen molar-refractivity contribution in [2.24, 2.45) is 0 Å².